The Morgan fingerprint density at radius 3 is 2.20 bits per heavy atom. The van der Waals surface area contributed by atoms with Crippen molar-refractivity contribution in [3.63, 3.8) is 0 Å². The molecular formula is C2H5KOS. The predicted molar refractivity (Wildman–Crippen MR) is 21.9 cm³/mol. The van der Waals surface area contributed by atoms with E-state index in [1.54, 1.807) is 0 Å². The molecule has 5 heavy (non-hydrogen) atoms. The molecule has 0 fully saturated rings. The maximum absolute atomic E-state index is 7.72. The Bertz CT molecular complexity index is 27.5. The number of rotatable bonds is 1. The van der Waals surface area contributed by atoms with Crippen molar-refractivity contribution in [3.8, 4) is 0 Å². The zero-order valence-corrected chi connectivity index (χ0v) is 7.08. The van der Waals surface area contributed by atoms with Crippen LogP contribution in [0.15, 0.2) is 0 Å². The largest absolute Gasteiger partial charge is 1.00 e. The molecular weight excluding hydrogens is 111 g/mol. The zero-order chi connectivity index (χ0) is 3.41. The van der Waals surface area contributed by atoms with Crippen LogP contribution in [0.1, 0.15) is 1.43 Å². The standard InChI is InChI=1S/C2H4OS.K.H/c3-1-2-4;;/h2-3H,1H2;;/q;+1;-1. The van der Waals surface area contributed by atoms with E-state index in [1.165, 1.54) is 5.37 Å². The number of thiocarbonyl (C=S) groups is 1. The van der Waals surface area contributed by atoms with E-state index in [9.17, 15) is 0 Å². The molecule has 0 bridgehead atoms. The van der Waals surface area contributed by atoms with Crippen LogP contribution in [0.3, 0.4) is 0 Å². The summed E-state index contributed by atoms with van der Waals surface area (Å²) in [6.45, 7) is 0.00926. The molecule has 3 heteroatoms. The van der Waals surface area contributed by atoms with Gasteiger partial charge in [-0.1, -0.05) is 12.2 Å². The Morgan fingerprint density at radius 1 is 2.00 bits per heavy atom. The molecule has 0 saturated heterocycles. The van der Waals surface area contributed by atoms with E-state index >= 15 is 0 Å². The van der Waals surface area contributed by atoms with Crippen LogP contribution in [0.25, 0.3) is 0 Å². The molecule has 0 heterocycles. The Balaban J connectivity index is -0.0000000450. The maximum atomic E-state index is 7.72. The van der Waals surface area contributed by atoms with Gasteiger partial charge in [-0.15, -0.1) is 0 Å². The summed E-state index contributed by atoms with van der Waals surface area (Å²) in [5, 5.41) is 8.98. The molecule has 0 aromatic heterocycles. The first kappa shape index (κ1) is 9.84. The Labute approximate surface area is 80.7 Å². The number of aliphatic hydroxyl groups is 1. The maximum Gasteiger partial charge on any atom is 1.00 e. The van der Waals surface area contributed by atoms with Crippen molar-refractivity contribution < 1.29 is 57.9 Å². The zero-order valence-electron chi connectivity index (χ0n) is 4.14. The second-order valence-corrected chi connectivity index (χ2v) is 0.683. The summed E-state index contributed by atoms with van der Waals surface area (Å²) in [6.07, 6.45) is 0. The molecule has 0 aliphatic carbocycles. The molecule has 26 valence electrons. The van der Waals surface area contributed by atoms with E-state index in [4.69, 9.17) is 5.11 Å². The molecule has 1 N–H and O–H groups in total. The third-order valence-corrected chi connectivity index (χ3v) is 0.224. The monoisotopic (exact) mass is 116 g/mol. The topological polar surface area (TPSA) is 20.2 Å². The second-order valence-electron chi connectivity index (χ2n) is 0.349. The van der Waals surface area contributed by atoms with Crippen LogP contribution in [-0.4, -0.2) is 17.1 Å². The Hall–Kier alpha value is 1.69. The Kier molecular flexibility index (Phi) is 18.1. The van der Waals surface area contributed by atoms with Crippen molar-refractivity contribution in [1.82, 2.24) is 0 Å². The summed E-state index contributed by atoms with van der Waals surface area (Å²) < 4.78 is 0. The third kappa shape index (κ3) is 10.7. The molecule has 0 rings (SSSR count). The van der Waals surface area contributed by atoms with Gasteiger partial charge in [0.1, 0.15) is 0 Å². The van der Waals surface area contributed by atoms with E-state index in [0.29, 0.717) is 0 Å². The van der Waals surface area contributed by atoms with Crippen LogP contribution in [0.2, 0.25) is 0 Å². The number of hydrogen-bond acceptors (Lipinski definition) is 2. The summed E-state index contributed by atoms with van der Waals surface area (Å²) in [5.41, 5.74) is 0. The van der Waals surface area contributed by atoms with Gasteiger partial charge in [0.15, 0.2) is 0 Å². The second kappa shape index (κ2) is 9.19. The summed E-state index contributed by atoms with van der Waals surface area (Å²) in [7, 11) is 0. The number of aliphatic hydroxyl groups excluding tert-OH is 1. The summed E-state index contributed by atoms with van der Waals surface area (Å²) in [6, 6.07) is 0. The van der Waals surface area contributed by atoms with Crippen molar-refractivity contribution in [2.45, 2.75) is 0 Å². The van der Waals surface area contributed by atoms with E-state index < -0.39 is 0 Å². The van der Waals surface area contributed by atoms with Gasteiger partial charge in [0, 0.05) is 5.37 Å². The number of hydrogen-bond donors (Lipinski definition) is 1. The average molecular weight is 116 g/mol. The smallest absolute Gasteiger partial charge is 1.00 e. The first-order valence-electron chi connectivity index (χ1n) is 0.960. The third-order valence-electron chi connectivity index (χ3n) is 0.0745. The molecule has 0 spiro atoms. The van der Waals surface area contributed by atoms with Gasteiger partial charge in [0.2, 0.25) is 0 Å². The van der Waals surface area contributed by atoms with Crippen LogP contribution >= 0.6 is 12.2 Å². The predicted octanol–water partition coefficient (Wildman–Crippen LogP) is -2.91. The normalized spacial score (nSPS) is 5.00. The van der Waals surface area contributed by atoms with Gasteiger partial charge < -0.3 is 6.53 Å². The first-order valence-corrected chi connectivity index (χ1v) is 1.43. The van der Waals surface area contributed by atoms with E-state index in [0.717, 1.165) is 0 Å². The fraction of sp³-hybridized carbons (Fsp3) is 0.500. The van der Waals surface area contributed by atoms with Crippen LogP contribution in [0.5, 0.6) is 0 Å². The molecule has 0 saturated carbocycles. The van der Waals surface area contributed by atoms with Crippen LogP contribution in [-0.2, 0) is 0 Å². The molecule has 0 aromatic carbocycles. The van der Waals surface area contributed by atoms with Gasteiger partial charge in [-0.05, 0) is 0 Å². The fourth-order valence-corrected chi connectivity index (χ4v) is 0. The minimum absolute atomic E-state index is 0. The van der Waals surface area contributed by atoms with Crippen LogP contribution in [0, 0.1) is 0 Å². The van der Waals surface area contributed by atoms with Crippen molar-refractivity contribution in [1.29, 1.82) is 0 Å². The summed E-state index contributed by atoms with van der Waals surface area (Å²) in [5.74, 6) is 0. The molecule has 1 nitrogen and oxygen atoms in total. The SMILES string of the molecule is OCC=S.[H-].[K+]. The molecule has 0 unspecified atom stereocenters. The van der Waals surface area contributed by atoms with Crippen molar-refractivity contribution in [3.05, 3.63) is 0 Å². The molecule has 0 aliphatic rings. The fourth-order valence-electron chi connectivity index (χ4n) is 0. The van der Waals surface area contributed by atoms with Gasteiger partial charge in [-0.3, -0.25) is 0 Å². The molecule has 0 aromatic rings. The molecule has 0 amide bonds. The molecule has 0 radical (unpaired) electrons. The van der Waals surface area contributed by atoms with Crippen molar-refractivity contribution in [2.24, 2.45) is 0 Å². The van der Waals surface area contributed by atoms with Crippen molar-refractivity contribution in [2.75, 3.05) is 6.61 Å². The minimum Gasteiger partial charge on any atom is -1.00 e. The minimum atomic E-state index is 0. The van der Waals surface area contributed by atoms with E-state index in [1.807, 2.05) is 0 Å². The summed E-state index contributed by atoms with van der Waals surface area (Å²) in [4.78, 5) is 0. The van der Waals surface area contributed by atoms with Crippen molar-refractivity contribution >= 4 is 17.6 Å². The quantitative estimate of drug-likeness (QED) is 0.293. The van der Waals surface area contributed by atoms with Gasteiger partial charge >= 0.3 is 51.4 Å². The van der Waals surface area contributed by atoms with Gasteiger partial charge in [0.05, 0.1) is 6.61 Å². The molecule has 0 atom stereocenters. The van der Waals surface area contributed by atoms with E-state index in [2.05, 4.69) is 12.2 Å². The van der Waals surface area contributed by atoms with Crippen LogP contribution < -0.4 is 51.4 Å². The van der Waals surface area contributed by atoms with E-state index in [-0.39, 0.29) is 59.4 Å². The first-order chi connectivity index (χ1) is 1.91. The van der Waals surface area contributed by atoms with Gasteiger partial charge in [-0.25, -0.2) is 0 Å². The van der Waals surface area contributed by atoms with Crippen LogP contribution in [0.4, 0.5) is 0 Å². The van der Waals surface area contributed by atoms with Gasteiger partial charge in [-0.2, -0.15) is 0 Å². The van der Waals surface area contributed by atoms with Gasteiger partial charge in [0.25, 0.3) is 0 Å². The average Bonchev–Trinajstić information content (AvgIpc) is 1.37. The molecule has 0 aliphatic heterocycles. The summed E-state index contributed by atoms with van der Waals surface area (Å²) >= 11 is 4.18. The Morgan fingerprint density at radius 2 is 2.20 bits per heavy atom.